The van der Waals surface area contributed by atoms with E-state index in [1.54, 1.807) is 13.0 Å². The minimum absolute atomic E-state index is 0.170. The Bertz CT molecular complexity index is 216. The lowest BCUT2D eigenvalue weighted by molar-refractivity contribution is -0.139. The van der Waals surface area contributed by atoms with Gasteiger partial charge in [-0.25, -0.2) is 4.79 Å². The fraction of sp³-hybridized carbons (Fsp3) is 0.600. The Morgan fingerprint density at radius 3 is 2.31 bits per heavy atom. The molecule has 0 aromatic heterocycles. The van der Waals surface area contributed by atoms with Crippen LogP contribution in [0.4, 0.5) is 0 Å². The second kappa shape index (κ2) is 6.40. The summed E-state index contributed by atoms with van der Waals surface area (Å²) in [6.07, 6.45) is 3.28. The first-order valence-corrected chi connectivity index (χ1v) is 4.51. The molecular formula is C10H16O3. The van der Waals surface area contributed by atoms with Gasteiger partial charge in [-0.2, -0.15) is 0 Å². The SMILES string of the molecule is CCC/C=C(/C(C)=O)C(=O)OCC. The average Bonchev–Trinajstić information content (AvgIpc) is 2.05. The summed E-state index contributed by atoms with van der Waals surface area (Å²) in [5.41, 5.74) is 0.170. The molecule has 0 unspecified atom stereocenters. The van der Waals surface area contributed by atoms with Gasteiger partial charge >= 0.3 is 5.97 Å². The molecule has 3 nitrogen and oxygen atoms in total. The molecule has 0 heterocycles. The number of carbonyl (C=O) groups excluding carboxylic acids is 2. The van der Waals surface area contributed by atoms with E-state index < -0.39 is 5.97 Å². The highest BCUT2D eigenvalue weighted by atomic mass is 16.5. The molecule has 0 radical (unpaired) electrons. The maximum Gasteiger partial charge on any atom is 0.341 e. The lowest BCUT2D eigenvalue weighted by Gasteiger charge is -2.02. The van der Waals surface area contributed by atoms with E-state index in [9.17, 15) is 9.59 Å². The van der Waals surface area contributed by atoms with Crippen molar-refractivity contribution in [2.45, 2.75) is 33.6 Å². The van der Waals surface area contributed by atoms with E-state index in [0.29, 0.717) is 6.61 Å². The molecule has 0 saturated heterocycles. The normalized spacial score (nSPS) is 11.2. The summed E-state index contributed by atoms with van der Waals surface area (Å²) >= 11 is 0. The monoisotopic (exact) mass is 184 g/mol. The van der Waals surface area contributed by atoms with E-state index in [0.717, 1.165) is 12.8 Å². The van der Waals surface area contributed by atoms with Crippen LogP contribution in [-0.2, 0) is 14.3 Å². The van der Waals surface area contributed by atoms with Crippen molar-refractivity contribution in [3.8, 4) is 0 Å². The van der Waals surface area contributed by atoms with E-state index in [2.05, 4.69) is 0 Å². The van der Waals surface area contributed by atoms with Crippen LogP contribution in [0.5, 0.6) is 0 Å². The summed E-state index contributed by atoms with van der Waals surface area (Å²) in [4.78, 5) is 22.2. The molecule has 0 rings (SSSR count). The van der Waals surface area contributed by atoms with Crippen molar-refractivity contribution >= 4 is 11.8 Å². The molecule has 0 aromatic rings. The predicted octanol–water partition coefficient (Wildman–Crippen LogP) is 1.86. The number of carbonyl (C=O) groups is 2. The Hall–Kier alpha value is -1.12. The standard InChI is InChI=1S/C10H16O3/c1-4-6-7-9(8(3)11)10(12)13-5-2/h7H,4-6H2,1-3H3/b9-7-. The lowest BCUT2D eigenvalue weighted by Crippen LogP contribution is -2.13. The molecule has 0 aliphatic carbocycles. The molecule has 0 aliphatic rings. The van der Waals surface area contributed by atoms with E-state index in [-0.39, 0.29) is 11.4 Å². The van der Waals surface area contributed by atoms with Crippen molar-refractivity contribution in [1.82, 2.24) is 0 Å². The summed E-state index contributed by atoms with van der Waals surface area (Å²) < 4.78 is 4.73. The van der Waals surface area contributed by atoms with Gasteiger partial charge in [-0.1, -0.05) is 19.4 Å². The second-order valence-electron chi connectivity index (χ2n) is 2.68. The molecule has 0 spiro atoms. The highest BCUT2D eigenvalue weighted by molar-refractivity contribution is 6.16. The summed E-state index contributed by atoms with van der Waals surface area (Å²) in [5.74, 6) is -0.740. The number of ether oxygens (including phenoxy) is 1. The number of rotatable bonds is 5. The first kappa shape index (κ1) is 11.9. The summed E-state index contributed by atoms with van der Waals surface area (Å²) in [5, 5.41) is 0. The zero-order valence-corrected chi connectivity index (χ0v) is 8.42. The lowest BCUT2D eigenvalue weighted by atomic mass is 10.1. The fourth-order valence-corrected chi connectivity index (χ4v) is 0.868. The van der Waals surface area contributed by atoms with Gasteiger partial charge < -0.3 is 4.74 Å². The first-order chi connectivity index (χ1) is 6.13. The Balaban J connectivity index is 4.41. The first-order valence-electron chi connectivity index (χ1n) is 4.51. The number of hydrogen-bond donors (Lipinski definition) is 0. The Morgan fingerprint density at radius 1 is 1.31 bits per heavy atom. The van der Waals surface area contributed by atoms with Crippen LogP contribution in [0.25, 0.3) is 0 Å². The molecule has 3 heteroatoms. The topological polar surface area (TPSA) is 43.4 Å². The molecule has 0 fully saturated rings. The highest BCUT2D eigenvalue weighted by Crippen LogP contribution is 2.03. The minimum Gasteiger partial charge on any atom is -0.462 e. The third kappa shape index (κ3) is 4.45. The van der Waals surface area contributed by atoms with Gasteiger partial charge in [0.1, 0.15) is 0 Å². The van der Waals surface area contributed by atoms with Crippen molar-refractivity contribution in [2.75, 3.05) is 6.61 Å². The van der Waals surface area contributed by atoms with E-state index >= 15 is 0 Å². The summed E-state index contributed by atoms with van der Waals surface area (Å²) in [7, 11) is 0. The average molecular weight is 184 g/mol. The Kier molecular flexibility index (Phi) is 5.85. The van der Waals surface area contributed by atoms with Crippen LogP contribution in [0.1, 0.15) is 33.6 Å². The second-order valence-corrected chi connectivity index (χ2v) is 2.68. The molecule has 13 heavy (non-hydrogen) atoms. The van der Waals surface area contributed by atoms with Crippen LogP contribution in [0.2, 0.25) is 0 Å². The van der Waals surface area contributed by atoms with Crippen molar-refractivity contribution < 1.29 is 14.3 Å². The fourth-order valence-electron chi connectivity index (χ4n) is 0.868. The zero-order chi connectivity index (χ0) is 10.3. The van der Waals surface area contributed by atoms with Crippen molar-refractivity contribution in [3.05, 3.63) is 11.6 Å². The number of allylic oxidation sites excluding steroid dienone is 1. The van der Waals surface area contributed by atoms with Crippen LogP contribution in [0.15, 0.2) is 11.6 Å². The minimum atomic E-state index is -0.511. The van der Waals surface area contributed by atoms with Gasteiger partial charge in [-0.3, -0.25) is 4.79 Å². The predicted molar refractivity (Wildman–Crippen MR) is 50.3 cm³/mol. The van der Waals surface area contributed by atoms with Gasteiger partial charge in [0, 0.05) is 0 Å². The van der Waals surface area contributed by atoms with Crippen LogP contribution >= 0.6 is 0 Å². The van der Waals surface area contributed by atoms with Gasteiger partial charge in [0.2, 0.25) is 0 Å². The van der Waals surface area contributed by atoms with Crippen LogP contribution in [0, 0.1) is 0 Å². The molecule has 74 valence electrons. The molecule has 0 aromatic carbocycles. The van der Waals surface area contributed by atoms with Crippen molar-refractivity contribution in [1.29, 1.82) is 0 Å². The number of esters is 1. The molecular weight excluding hydrogens is 168 g/mol. The van der Waals surface area contributed by atoms with Gasteiger partial charge in [-0.05, 0) is 20.3 Å². The number of hydrogen-bond acceptors (Lipinski definition) is 3. The van der Waals surface area contributed by atoms with Gasteiger partial charge in [0.05, 0.1) is 12.2 Å². The van der Waals surface area contributed by atoms with Crippen LogP contribution in [0.3, 0.4) is 0 Å². The van der Waals surface area contributed by atoms with Crippen LogP contribution < -0.4 is 0 Å². The number of ketones is 1. The quantitative estimate of drug-likeness (QED) is 0.283. The number of unbranched alkanes of at least 4 members (excludes halogenated alkanes) is 1. The van der Waals surface area contributed by atoms with Gasteiger partial charge in [0.15, 0.2) is 5.78 Å². The van der Waals surface area contributed by atoms with E-state index in [1.807, 2.05) is 6.92 Å². The third-order valence-electron chi connectivity index (χ3n) is 1.51. The Labute approximate surface area is 78.8 Å². The third-order valence-corrected chi connectivity index (χ3v) is 1.51. The van der Waals surface area contributed by atoms with E-state index in [4.69, 9.17) is 4.74 Å². The van der Waals surface area contributed by atoms with E-state index in [1.165, 1.54) is 6.92 Å². The maximum absolute atomic E-state index is 11.2. The smallest absolute Gasteiger partial charge is 0.341 e. The number of Topliss-reactive ketones (excluding diaryl/α,β-unsaturated/α-hetero) is 1. The molecule has 0 N–H and O–H groups in total. The van der Waals surface area contributed by atoms with Crippen molar-refractivity contribution in [3.63, 3.8) is 0 Å². The summed E-state index contributed by atoms with van der Waals surface area (Å²) in [6, 6.07) is 0. The van der Waals surface area contributed by atoms with Crippen molar-refractivity contribution in [2.24, 2.45) is 0 Å². The van der Waals surface area contributed by atoms with Gasteiger partial charge in [-0.15, -0.1) is 0 Å². The molecule has 0 atom stereocenters. The van der Waals surface area contributed by atoms with Crippen LogP contribution in [-0.4, -0.2) is 18.4 Å². The Morgan fingerprint density at radius 2 is 1.92 bits per heavy atom. The van der Waals surface area contributed by atoms with Gasteiger partial charge in [0.25, 0.3) is 0 Å². The molecule has 0 amide bonds. The summed E-state index contributed by atoms with van der Waals surface area (Å²) in [6.45, 7) is 5.38. The maximum atomic E-state index is 11.2. The molecule has 0 bridgehead atoms. The molecule has 0 aliphatic heterocycles. The molecule has 0 saturated carbocycles. The zero-order valence-electron chi connectivity index (χ0n) is 8.42. The highest BCUT2D eigenvalue weighted by Gasteiger charge is 2.14. The largest absolute Gasteiger partial charge is 0.462 e.